The van der Waals surface area contributed by atoms with Gasteiger partial charge in [-0.25, -0.2) is 4.79 Å². The summed E-state index contributed by atoms with van der Waals surface area (Å²) in [6, 6.07) is 5.26. The lowest BCUT2D eigenvalue weighted by atomic mass is 10.2. The number of carbonyl (C=O) groups is 1. The Morgan fingerprint density at radius 2 is 2.33 bits per heavy atom. The number of carbonyl (C=O) groups excluding carboxylic acids is 1. The van der Waals surface area contributed by atoms with E-state index >= 15 is 0 Å². The van der Waals surface area contributed by atoms with E-state index in [1.165, 1.54) is 0 Å². The molecule has 0 saturated heterocycles. The van der Waals surface area contributed by atoms with Gasteiger partial charge in [0.1, 0.15) is 5.82 Å². The fourth-order valence-corrected chi connectivity index (χ4v) is 2.45. The number of nitrogens with one attached hydrogen (secondary N) is 2. The summed E-state index contributed by atoms with van der Waals surface area (Å²) >= 11 is 0. The zero-order valence-electron chi connectivity index (χ0n) is 11.9. The van der Waals surface area contributed by atoms with Crippen LogP contribution in [0.15, 0.2) is 24.4 Å². The molecule has 0 radical (unpaired) electrons. The second kappa shape index (κ2) is 5.90. The van der Waals surface area contributed by atoms with Crippen molar-refractivity contribution in [2.24, 2.45) is 0 Å². The molecule has 2 aromatic heterocycles. The third-order valence-corrected chi connectivity index (χ3v) is 3.57. The van der Waals surface area contributed by atoms with Crippen LogP contribution in [-0.4, -0.2) is 25.8 Å². The molecule has 7 heteroatoms. The molecule has 2 amide bonds. The number of amides is 2. The normalized spacial score (nSPS) is 14.5. The number of aromatic nitrogens is 4. The molecule has 0 aromatic carbocycles. The molecular formula is C14H18N6O. The highest BCUT2D eigenvalue weighted by molar-refractivity contribution is 5.74. The monoisotopic (exact) mass is 286 g/mol. The number of fused-ring (bicyclic) bond motifs is 1. The van der Waals surface area contributed by atoms with E-state index in [1.54, 1.807) is 6.20 Å². The fraction of sp³-hybridized carbons (Fsp3) is 0.429. The van der Waals surface area contributed by atoms with Crippen LogP contribution in [-0.2, 0) is 19.5 Å². The molecule has 0 spiro atoms. The summed E-state index contributed by atoms with van der Waals surface area (Å²) in [5.74, 6) is 1.82. The highest BCUT2D eigenvalue weighted by Crippen LogP contribution is 2.13. The Kier molecular flexibility index (Phi) is 3.81. The second-order valence-corrected chi connectivity index (χ2v) is 5.09. The summed E-state index contributed by atoms with van der Waals surface area (Å²) in [7, 11) is 0. The van der Waals surface area contributed by atoms with E-state index < -0.39 is 0 Å². The Balaban J connectivity index is 1.52. The lowest BCUT2D eigenvalue weighted by molar-refractivity contribution is 0.237. The van der Waals surface area contributed by atoms with Crippen LogP contribution in [0.5, 0.6) is 0 Å². The highest BCUT2D eigenvalue weighted by Gasteiger charge is 2.17. The van der Waals surface area contributed by atoms with Gasteiger partial charge in [-0.1, -0.05) is 6.07 Å². The lowest BCUT2D eigenvalue weighted by Crippen LogP contribution is -2.37. The zero-order valence-corrected chi connectivity index (χ0v) is 11.9. The van der Waals surface area contributed by atoms with Gasteiger partial charge in [-0.05, 0) is 25.5 Å². The molecule has 110 valence electrons. The molecule has 1 unspecified atom stereocenters. The Labute approximate surface area is 122 Å². The Morgan fingerprint density at radius 1 is 1.43 bits per heavy atom. The van der Waals surface area contributed by atoms with Gasteiger partial charge in [0.05, 0.1) is 18.3 Å². The molecule has 0 aliphatic carbocycles. The number of nitrogens with zero attached hydrogens (tertiary/aromatic N) is 4. The standard InChI is InChI=1S/C14H18N6O/c1-10(11-5-2-3-7-15-11)17-14(21)16-9-13-19-18-12-6-4-8-20(12)13/h2-3,5,7,10H,4,6,8-9H2,1H3,(H2,16,17,21). The highest BCUT2D eigenvalue weighted by atomic mass is 16.2. The summed E-state index contributed by atoms with van der Waals surface area (Å²) in [6.07, 6.45) is 3.78. The molecule has 3 heterocycles. The number of aryl methyl sites for hydroxylation is 1. The van der Waals surface area contributed by atoms with Crippen molar-refractivity contribution in [3.63, 3.8) is 0 Å². The van der Waals surface area contributed by atoms with E-state index in [4.69, 9.17) is 0 Å². The summed E-state index contributed by atoms with van der Waals surface area (Å²) in [5.41, 5.74) is 0.830. The van der Waals surface area contributed by atoms with Crippen molar-refractivity contribution in [3.05, 3.63) is 41.7 Å². The Bertz CT molecular complexity index is 624. The molecule has 3 rings (SSSR count). The maximum absolute atomic E-state index is 11.9. The van der Waals surface area contributed by atoms with Crippen molar-refractivity contribution in [1.29, 1.82) is 0 Å². The van der Waals surface area contributed by atoms with Crippen molar-refractivity contribution in [2.45, 2.75) is 38.9 Å². The van der Waals surface area contributed by atoms with Crippen LogP contribution in [0.25, 0.3) is 0 Å². The molecule has 0 bridgehead atoms. The summed E-state index contributed by atoms with van der Waals surface area (Å²) in [5, 5.41) is 13.9. The summed E-state index contributed by atoms with van der Waals surface area (Å²) in [4.78, 5) is 16.1. The third-order valence-electron chi connectivity index (χ3n) is 3.57. The van der Waals surface area contributed by atoms with Crippen LogP contribution >= 0.6 is 0 Å². The van der Waals surface area contributed by atoms with Crippen LogP contribution in [0.1, 0.15) is 36.7 Å². The maximum atomic E-state index is 11.9. The van der Waals surface area contributed by atoms with E-state index in [0.717, 1.165) is 36.7 Å². The second-order valence-electron chi connectivity index (χ2n) is 5.09. The average molecular weight is 286 g/mol. The number of urea groups is 1. The smallest absolute Gasteiger partial charge is 0.315 e. The van der Waals surface area contributed by atoms with Gasteiger partial charge < -0.3 is 15.2 Å². The first-order chi connectivity index (χ1) is 10.2. The molecule has 2 aromatic rings. The van der Waals surface area contributed by atoms with E-state index in [0.29, 0.717) is 6.54 Å². The zero-order chi connectivity index (χ0) is 14.7. The largest absolute Gasteiger partial charge is 0.331 e. The van der Waals surface area contributed by atoms with Gasteiger partial charge in [0.15, 0.2) is 5.82 Å². The van der Waals surface area contributed by atoms with Crippen molar-refractivity contribution >= 4 is 6.03 Å². The minimum atomic E-state index is -0.233. The van der Waals surface area contributed by atoms with Gasteiger partial charge in [0.2, 0.25) is 0 Å². The molecule has 1 atom stereocenters. The molecule has 2 N–H and O–H groups in total. The number of hydrogen-bond acceptors (Lipinski definition) is 4. The SMILES string of the molecule is CC(NC(=O)NCc1nnc2n1CCC2)c1ccccn1. The van der Waals surface area contributed by atoms with Crippen molar-refractivity contribution in [1.82, 2.24) is 30.4 Å². The molecule has 0 fully saturated rings. The minimum absolute atomic E-state index is 0.143. The predicted molar refractivity (Wildman–Crippen MR) is 76.4 cm³/mol. The van der Waals surface area contributed by atoms with Gasteiger partial charge in [-0.15, -0.1) is 10.2 Å². The van der Waals surface area contributed by atoms with Crippen LogP contribution in [0, 0.1) is 0 Å². The topological polar surface area (TPSA) is 84.7 Å². The van der Waals surface area contributed by atoms with Gasteiger partial charge in [-0.3, -0.25) is 4.98 Å². The van der Waals surface area contributed by atoms with E-state index in [9.17, 15) is 4.79 Å². The molecule has 0 saturated carbocycles. The van der Waals surface area contributed by atoms with Crippen LogP contribution in [0.3, 0.4) is 0 Å². The number of pyridine rings is 1. The number of rotatable bonds is 4. The minimum Gasteiger partial charge on any atom is -0.331 e. The first kappa shape index (κ1) is 13.5. The maximum Gasteiger partial charge on any atom is 0.315 e. The van der Waals surface area contributed by atoms with Crippen LogP contribution in [0.2, 0.25) is 0 Å². The average Bonchev–Trinajstić information content (AvgIpc) is 3.09. The van der Waals surface area contributed by atoms with Gasteiger partial charge in [-0.2, -0.15) is 0 Å². The van der Waals surface area contributed by atoms with Crippen molar-refractivity contribution in [2.75, 3.05) is 0 Å². The Morgan fingerprint density at radius 3 is 3.14 bits per heavy atom. The molecule has 21 heavy (non-hydrogen) atoms. The van der Waals surface area contributed by atoms with Crippen molar-refractivity contribution in [3.8, 4) is 0 Å². The first-order valence-electron chi connectivity index (χ1n) is 7.10. The van der Waals surface area contributed by atoms with Gasteiger partial charge in [0, 0.05) is 19.2 Å². The molecule has 1 aliphatic rings. The van der Waals surface area contributed by atoms with E-state index in [1.807, 2.05) is 25.1 Å². The molecule has 1 aliphatic heterocycles. The number of hydrogen-bond donors (Lipinski definition) is 2. The van der Waals surface area contributed by atoms with Crippen molar-refractivity contribution < 1.29 is 4.79 Å². The van der Waals surface area contributed by atoms with E-state index in [-0.39, 0.29) is 12.1 Å². The third kappa shape index (κ3) is 3.01. The lowest BCUT2D eigenvalue weighted by Gasteiger charge is -2.14. The summed E-state index contributed by atoms with van der Waals surface area (Å²) < 4.78 is 2.07. The first-order valence-corrected chi connectivity index (χ1v) is 7.10. The van der Waals surface area contributed by atoms with Crippen LogP contribution in [0.4, 0.5) is 4.79 Å². The molecule has 7 nitrogen and oxygen atoms in total. The van der Waals surface area contributed by atoms with Crippen LogP contribution < -0.4 is 10.6 Å². The van der Waals surface area contributed by atoms with Gasteiger partial charge in [0.25, 0.3) is 0 Å². The van der Waals surface area contributed by atoms with E-state index in [2.05, 4.69) is 30.4 Å². The molecular weight excluding hydrogens is 268 g/mol. The predicted octanol–water partition coefficient (Wildman–Crippen LogP) is 1.18. The van der Waals surface area contributed by atoms with Gasteiger partial charge >= 0.3 is 6.03 Å². The fourth-order valence-electron chi connectivity index (χ4n) is 2.45. The Hall–Kier alpha value is -2.44. The quantitative estimate of drug-likeness (QED) is 0.884. The summed E-state index contributed by atoms with van der Waals surface area (Å²) in [6.45, 7) is 3.22.